The maximum absolute atomic E-state index is 12.2. The normalized spacial score (nSPS) is 18.0. The molecule has 1 unspecified atom stereocenters. The Bertz CT molecular complexity index is 677. The first kappa shape index (κ1) is 13.9. The molecule has 3 nitrogen and oxygen atoms in total. The van der Waals surface area contributed by atoms with Crippen molar-refractivity contribution in [3.05, 3.63) is 55.1 Å². The molecule has 0 amide bonds. The summed E-state index contributed by atoms with van der Waals surface area (Å²) in [7, 11) is 1.98. The highest BCUT2D eigenvalue weighted by Crippen LogP contribution is 2.29. The molecule has 0 fully saturated rings. The lowest BCUT2D eigenvalue weighted by Gasteiger charge is -2.27. The summed E-state index contributed by atoms with van der Waals surface area (Å²) in [6.07, 6.45) is 3.22. The predicted octanol–water partition coefficient (Wildman–Crippen LogP) is 3.21. The Labute approximate surface area is 127 Å². The molecule has 20 heavy (non-hydrogen) atoms. The van der Waals surface area contributed by atoms with Crippen LogP contribution >= 0.6 is 22.9 Å². The zero-order valence-electron chi connectivity index (χ0n) is 11.4. The van der Waals surface area contributed by atoms with Crippen LogP contribution in [0.5, 0.6) is 0 Å². The second kappa shape index (κ2) is 5.72. The first-order valence-electron chi connectivity index (χ1n) is 6.83. The maximum atomic E-state index is 12.2. The van der Waals surface area contributed by atoms with Gasteiger partial charge in [-0.3, -0.25) is 4.79 Å². The van der Waals surface area contributed by atoms with Crippen molar-refractivity contribution in [2.75, 3.05) is 7.05 Å². The molecular weight excluding hydrogens is 292 g/mol. The highest BCUT2D eigenvalue weighted by Gasteiger charge is 2.22. The summed E-state index contributed by atoms with van der Waals surface area (Å²) in [5.74, 6) is 0. The van der Waals surface area contributed by atoms with Gasteiger partial charge in [-0.2, -0.15) is 0 Å². The molecule has 0 aliphatic heterocycles. The second-order valence-electron chi connectivity index (χ2n) is 5.10. The fraction of sp³-hybridized carbons (Fsp3) is 0.400. The Morgan fingerprint density at radius 3 is 2.95 bits per heavy atom. The lowest BCUT2D eigenvalue weighted by Crippen LogP contribution is -2.30. The van der Waals surface area contributed by atoms with E-state index in [-0.39, 0.29) is 5.56 Å². The van der Waals surface area contributed by atoms with E-state index in [9.17, 15) is 4.79 Å². The highest BCUT2D eigenvalue weighted by atomic mass is 35.5. The van der Waals surface area contributed by atoms with Gasteiger partial charge < -0.3 is 9.88 Å². The molecule has 0 bridgehead atoms. The number of hydrogen-bond acceptors (Lipinski definition) is 3. The summed E-state index contributed by atoms with van der Waals surface area (Å²) in [5.41, 5.74) is 2.51. The van der Waals surface area contributed by atoms with Gasteiger partial charge in [0.2, 0.25) is 0 Å². The van der Waals surface area contributed by atoms with E-state index in [1.165, 1.54) is 22.6 Å². The van der Waals surface area contributed by atoms with Gasteiger partial charge in [0.1, 0.15) is 0 Å². The fourth-order valence-corrected chi connectivity index (χ4v) is 4.00. The van der Waals surface area contributed by atoms with Crippen LogP contribution < -0.4 is 10.9 Å². The lowest BCUT2D eigenvalue weighted by atomic mass is 9.91. The largest absolute Gasteiger partial charge is 0.313 e. The third kappa shape index (κ3) is 2.55. The second-order valence-corrected chi connectivity index (χ2v) is 6.90. The monoisotopic (exact) mass is 308 g/mol. The van der Waals surface area contributed by atoms with Crippen LogP contribution in [0.2, 0.25) is 4.34 Å². The number of nitrogens with one attached hydrogen (secondary N) is 1. The van der Waals surface area contributed by atoms with Gasteiger partial charge in [-0.1, -0.05) is 17.7 Å². The van der Waals surface area contributed by atoms with Crippen LogP contribution in [0.3, 0.4) is 0 Å². The summed E-state index contributed by atoms with van der Waals surface area (Å²) in [6, 6.07) is 7.91. The van der Waals surface area contributed by atoms with Gasteiger partial charge in [0.05, 0.1) is 10.9 Å². The van der Waals surface area contributed by atoms with Crippen molar-refractivity contribution >= 4 is 22.9 Å². The average Bonchev–Trinajstić information content (AvgIpc) is 2.86. The van der Waals surface area contributed by atoms with Crippen molar-refractivity contribution in [3.8, 4) is 0 Å². The van der Waals surface area contributed by atoms with Crippen molar-refractivity contribution in [1.29, 1.82) is 0 Å². The third-order valence-corrected chi connectivity index (χ3v) is 5.12. The van der Waals surface area contributed by atoms with Crippen molar-refractivity contribution in [2.24, 2.45) is 0 Å². The van der Waals surface area contributed by atoms with Crippen LogP contribution in [0.1, 0.15) is 35.0 Å². The van der Waals surface area contributed by atoms with Gasteiger partial charge in [-0.15, -0.1) is 11.3 Å². The zero-order valence-corrected chi connectivity index (χ0v) is 12.9. The SMILES string of the molecule is CNC1CCCc2c1ccc(=O)n2Cc1ccc(Cl)s1. The number of halogens is 1. The van der Waals surface area contributed by atoms with E-state index >= 15 is 0 Å². The van der Waals surface area contributed by atoms with Gasteiger partial charge in [0.15, 0.2) is 0 Å². The van der Waals surface area contributed by atoms with Crippen LogP contribution in [0.15, 0.2) is 29.1 Å². The van der Waals surface area contributed by atoms with Gasteiger partial charge in [0, 0.05) is 22.7 Å². The van der Waals surface area contributed by atoms with Crippen LogP contribution in [-0.2, 0) is 13.0 Å². The first-order valence-corrected chi connectivity index (χ1v) is 8.02. The van der Waals surface area contributed by atoms with Crippen molar-refractivity contribution in [3.63, 3.8) is 0 Å². The molecule has 0 saturated carbocycles. The molecular formula is C15H17ClN2OS. The summed E-state index contributed by atoms with van der Waals surface area (Å²) in [6.45, 7) is 0.621. The van der Waals surface area contributed by atoms with E-state index in [0.29, 0.717) is 12.6 Å². The number of thiophene rings is 1. The first-order chi connectivity index (χ1) is 9.69. The minimum absolute atomic E-state index is 0.0741. The quantitative estimate of drug-likeness (QED) is 0.944. The Kier molecular flexibility index (Phi) is 3.96. The predicted molar refractivity (Wildman–Crippen MR) is 83.9 cm³/mol. The number of pyridine rings is 1. The number of rotatable bonds is 3. The smallest absolute Gasteiger partial charge is 0.251 e. The molecule has 2 aromatic heterocycles. The van der Waals surface area contributed by atoms with E-state index in [1.54, 1.807) is 6.07 Å². The van der Waals surface area contributed by atoms with E-state index in [1.807, 2.05) is 29.8 Å². The Hall–Kier alpha value is -1.10. The highest BCUT2D eigenvalue weighted by molar-refractivity contribution is 7.16. The van der Waals surface area contributed by atoms with Crippen molar-refractivity contribution in [1.82, 2.24) is 9.88 Å². The minimum Gasteiger partial charge on any atom is -0.313 e. The topological polar surface area (TPSA) is 34.0 Å². The van der Waals surface area contributed by atoms with Gasteiger partial charge >= 0.3 is 0 Å². The molecule has 2 heterocycles. The molecule has 0 radical (unpaired) electrons. The molecule has 1 aliphatic carbocycles. The summed E-state index contributed by atoms with van der Waals surface area (Å²) in [4.78, 5) is 13.3. The van der Waals surface area contributed by atoms with E-state index in [2.05, 4.69) is 5.32 Å². The Balaban J connectivity index is 2.04. The lowest BCUT2D eigenvalue weighted by molar-refractivity contribution is 0.473. The molecule has 1 aliphatic rings. The number of aromatic nitrogens is 1. The van der Waals surface area contributed by atoms with Gasteiger partial charge in [0.25, 0.3) is 5.56 Å². The minimum atomic E-state index is 0.0741. The van der Waals surface area contributed by atoms with E-state index < -0.39 is 0 Å². The van der Waals surface area contributed by atoms with E-state index in [4.69, 9.17) is 11.6 Å². The van der Waals surface area contributed by atoms with Gasteiger partial charge in [-0.05, 0) is 44.0 Å². The third-order valence-electron chi connectivity index (χ3n) is 3.90. The fourth-order valence-electron chi connectivity index (χ4n) is 2.93. The average molecular weight is 309 g/mol. The van der Waals surface area contributed by atoms with Crippen LogP contribution in [0.4, 0.5) is 0 Å². The standard InChI is InChI=1S/C15H17ClN2OS/c1-17-12-3-2-4-13-11(12)6-8-15(19)18(13)9-10-5-7-14(16)20-10/h5-8,12,17H,2-4,9H2,1H3. The molecule has 106 valence electrons. The summed E-state index contributed by atoms with van der Waals surface area (Å²) < 4.78 is 2.67. The van der Waals surface area contributed by atoms with Crippen LogP contribution in [-0.4, -0.2) is 11.6 Å². The molecule has 2 aromatic rings. The number of nitrogens with zero attached hydrogens (tertiary/aromatic N) is 1. The molecule has 0 spiro atoms. The Morgan fingerprint density at radius 2 is 2.25 bits per heavy atom. The molecule has 1 atom stereocenters. The number of hydrogen-bond donors (Lipinski definition) is 1. The summed E-state index contributed by atoms with van der Waals surface area (Å²) >= 11 is 7.52. The molecule has 1 N–H and O–H groups in total. The molecule has 3 rings (SSSR count). The summed E-state index contributed by atoms with van der Waals surface area (Å²) in [5, 5.41) is 3.34. The molecule has 0 aromatic carbocycles. The molecule has 5 heteroatoms. The van der Waals surface area contributed by atoms with E-state index in [0.717, 1.165) is 28.5 Å². The molecule has 0 saturated heterocycles. The van der Waals surface area contributed by atoms with Crippen LogP contribution in [0, 0.1) is 0 Å². The maximum Gasteiger partial charge on any atom is 0.251 e. The van der Waals surface area contributed by atoms with Crippen molar-refractivity contribution < 1.29 is 0 Å². The van der Waals surface area contributed by atoms with Crippen LogP contribution in [0.25, 0.3) is 0 Å². The Morgan fingerprint density at radius 1 is 1.40 bits per heavy atom. The van der Waals surface area contributed by atoms with Gasteiger partial charge in [-0.25, -0.2) is 0 Å². The van der Waals surface area contributed by atoms with Crippen molar-refractivity contribution in [2.45, 2.75) is 31.8 Å². The zero-order chi connectivity index (χ0) is 14.1. The number of fused-ring (bicyclic) bond motifs is 1.